The molecule has 0 fully saturated rings. The lowest BCUT2D eigenvalue weighted by atomic mass is 9.96. The zero-order valence-corrected chi connectivity index (χ0v) is 28.1. The zero-order valence-electron chi connectivity index (χ0n) is 24.8. The van der Waals surface area contributed by atoms with Gasteiger partial charge in [0.2, 0.25) is 23.1 Å². The van der Waals surface area contributed by atoms with E-state index in [0.29, 0.717) is 20.9 Å². The molecular weight excluding hydrogens is 693 g/mol. The lowest BCUT2D eigenvalue weighted by Crippen LogP contribution is -2.38. The van der Waals surface area contributed by atoms with E-state index in [1.54, 1.807) is 22.9 Å². The van der Waals surface area contributed by atoms with Crippen LogP contribution in [0.4, 0.5) is 0 Å². The van der Waals surface area contributed by atoms with Crippen molar-refractivity contribution in [3.05, 3.63) is 86.5 Å². The van der Waals surface area contributed by atoms with Crippen molar-refractivity contribution < 1.29 is 53.3 Å². The van der Waals surface area contributed by atoms with E-state index in [2.05, 4.69) is 15.4 Å². The van der Waals surface area contributed by atoms with E-state index in [9.17, 15) is 38.4 Å². The van der Waals surface area contributed by atoms with Crippen molar-refractivity contribution in [2.24, 2.45) is 0 Å². The van der Waals surface area contributed by atoms with Crippen LogP contribution in [0, 0.1) is 0 Å². The predicted octanol–water partition coefficient (Wildman–Crippen LogP) is 3.27. The van der Waals surface area contributed by atoms with Crippen LogP contribution in [0.1, 0.15) is 94.1 Å². The van der Waals surface area contributed by atoms with E-state index >= 15 is 0 Å². The molecule has 2 aliphatic rings. The highest BCUT2D eigenvalue weighted by Crippen LogP contribution is 2.37. The number of aliphatic hydroxyl groups excluding tert-OH is 1. The van der Waals surface area contributed by atoms with Crippen LogP contribution in [0.15, 0.2) is 35.0 Å². The van der Waals surface area contributed by atoms with Crippen LogP contribution >= 0.6 is 45.3 Å². The van der Waals surface area contributed by atoms with Crippen molar-refractivity contribution >= 4 is 92.2 Å². The van der Waals surface area contributed by atoms with Crippen molar-refractivity contribution in [3.63, 3.8) is 0 Å². The first-order valence-electron chi connectivity index (χ1n) is 13.3. The Morgan fingerprint density at radius 2 is 1.04 bits per heavy atom. The maximum absolute atomic E-state index is 12.4. The number of fused-ring (bicyclic) bond motifs is 4. The molecule has 2 aliphatic carbocycles. The number of ketones is 4. The Bertz CT molecular complexity index is 1870. The minimum Gasteiger partial charge on any atom is -0.480 e. The SMILES string of the molecule is CO.COC(=O)[C@H](C)NC(=O)c1cc2c(s1)C(=O)c1ccsc1C2=O.C[C@H](NC(=O)c1cc2c(s1)C(=O)c1ccsc1C2=O)C(=O)O. The third-order valence-corrected chi connectivity index (χ3v) is 10.8. The van der Waals surface area contributed by atoms with Crippen molar-refractivity contribution in [2.75, 3.05) is 14.2 Å². The summed E-state index contributed by atoms with van der Waals surface area (Å²) in [7, 11) is 2.23. The number of esters is 1. The molecule has 2 atom stereocenters. The number of rotatable bonds is 6. The lowest BCUT2D eigenvalue weighted by Gasteiger charge is -2.10. The van der Waals surface area contributed by atoms with Gasteiger partial charge in [-0.2, -0.15) is 0 Å². The standard InChI is InChI=1S/C15H11NO5S2.C14H9NO5S2.CH4O/c1-6(15(20)21-2)16-14(19)9-5-8-11(18)12-7(3-4-22-12)10(17)13(8)23-9;1-5(14(19)20)15-13(18)8-4-7-10(17)11-6(2-3-21-11)9(16)12(7)22-8;1-2/h3-6H,1-2H3,(H,16,19);2-5H,1H3,(H,15,18)(H,19,20);2H,1H3/t6-;5-;/m00./s1. The summed E-state index contributed by atoms with van der Waals surface area (Å²) in [5, 5.41) is 24.0. The van der Waals surface area contributed by atoms with Crippen LogP contribution < -0.4 is 10.6 Å². The molecule has 0 saturated heterocycles. The molecule has 0 aromatic carbocycles. The molecule has 0 aliphatic heterocycles. The van der Waals surface area contributed by atoms with Gasteiger partial charge in [-0.25, -0.2) is 4.79 Å². The highest BCUT2D eigenvalue weighted by molar-refractivity contribution is 7.18. The van der Waals surface area contributed by atoms with E-state index in [-0.39, 0.29) is 53.8 Å². The fourth-order valence-corrected chi connectivity index (χ4v) is 8.05. The summed E-state index contributed by atoms with van der Waals surface area (Å²) < 4.78 is 4.54. The van der Waals surface area contributed by atoms with Gasteiger partial charge in [-0.3, -0.25) is 33.6 Å². The van der Waals surface area contributed by atoms with Gasteiger partial charge in [0.05, 0.1) is 36.4 Å². The van der Waals surface area contributed by atoms with E-state index in [0.717, 1.165) is 29.8 Å². The molecule has 0 saturated carbocycles. The first kappa shape index (κ1) is 35.2. The summed E-state index contributed by atoms with van der Waals surface area (Å²) in [6.07, 6.45) is 0. The number of methoxy groups -OCH3 is 1. The normalized spacial score (nSPS) is 13.6. The van der Waals surface area contributed by atoms with Crippen LogP contribution in [-0.4, -0.2) is 83.4 Å². The summed E-state index contributed by atoms with van der Waals surface area (Å²) >= 11 is 4.26. The van der Waals surface area contributed by atoms with E-state index in [1.165, 1.54) is 55.8 Å². The van der Waals surface area contributed by atoms with Crippen molar-refractivity contribution in [2.45, 2.75) is 25.9 Å². The third-order valence-electron chi connectivity index (χ3n) is 6.67. The molecule has 2 amide bonds. The smallest absolute Gasteiger partial charge is 0.328 e. The van der Waals surface area contributed by atoms with Crippen LogP contribution in [0.5, 0.6) is 0 Å². The number of ether oxygens (including phenoxy) is 1. The van der Waals surface area contributed by atoms with E-state index in [1.807, 2.05) is 0 Å². The highest BCUT2D eigenvalue weighted by atomic mass is 32.1. The molecule has 6 rings (SSSR count). The van der Waals surface area contributed by atoms with Gasteiger partial charge in [0.1, 0.15) is 12.1 Å². The van der Waals surface area contributed by atoms with Crippen LogP contribution in [0.3, 0.4) is 0 Å². The van der Waals surface area contributed by atoms with Gasteiger partial charge in [-0.15, -0.1) is 45.3 Å². The van der Waals surface area contributed by atoms with Gasteiger partial charge in [0, 0.05) is 29.4 Å². The molecule has 4 heterocycles. The van der Waals surface area contributed by atoms with Gasteiger partial charge < -0.3 is 25.6 Å². The Labute approximate surface area is 281 Å². The number of carbonyl (C=O) groups excluding carboxylic acids is 7. The van der Waals surface area contributed by atoms with E-state index < -0.39 is 35.8 Å². The van der Waals surface area contributed by atoms with Gasteiger partial charge >= 0.3 is 11.9 Å². The average molecular weight is 717 g/mol. The molecule has 244 valence electrons. The third kappa shape index (κ3) is 6.75. The predicted molar refractivity (Wildman–Crippen MR) is 173 cm³/mol. The Balaban J connectivity index is 0.000000202. The Morgan fingerprint density at radius 3 is 1.43 bits per heavy atom. The quantitative estimate of drug-likeness (QED) is 0.184. The zero-order chi connectivity index (χ0) is 34.7. The fourth-order valence-electron chi connectivity index (χ4n) is 4.33. The van der Waals surface area contributed by atoms with Crippen molar-refractivity contribution in [3.8, 4) is 0 Å². The molecule has 4 aromatic rings. The maximum Gasteiger partial charge on any atom is 0.328 e. The largest absolute Gasteiger partial charge is 0.480 e. The number of nitrogens with one attached hydrogen (secondary N) is 2. The minimum atomic E-state index is -1.16. The molecular formula is C30H24N2O11S4. The second kappa shape index (κ2) is 14.4. The van der Waals surface area contributed by atoms with E-state index in [4.69, 9.17) is 10.2 Å². The molecule has 0 spiro atoms. The summed E-state index contributed by atoms with van der Waals surface area (Å²) in [6, 6.07) is 4.09. The minimum absolute atomic E-state index is 0.148. The highest BCUT2D eigenvalue weighted by Gasteiger charge is 2.35. The molecule has 0 bridgehead atoms. The average Bonchev–Trinajstić information content (AvgIpc) is 3.88. The van der Waals surface area contributed by atoms with Crippen LogP contribution in [-0.2, 0) is 14.3 Å². The number of hydrogen-bond donors (Lipinski definition) is 4. The fraction of sp³-hybridized carbons (Fsp3) is 0.200. The number of carboxylic acid groups (broad SMARTS) is 1. The number of amides is 2. The number of carboxylic acids is 1. The molecule has 0 unspecified atom stereocenters. The second-order valence-electron chi connectivity index (χ2n) is 9.60. The van der Waals surface area contributed by atoms with Crippen LogP contribution in [0.2, 0.25) is 0 Å². The molecule has 17 heteroatoms. The summed E-state index contributed by atoms with van der Waals surface area (Å²) in [6.45, 7) is 2.83. The van der Waals surface area contributed by atoms with Crippen LogP contribution in [0.25, 0.3) is 0 Å². The van der Waals surface area contributed by atoms with Crippen molar-refractivity contribution in [1.82, 2.24) is 10.6 Å². The first-order chi connectivity index (χ1) is 22.3. The second-order valence-corrected chi connectivity index (χ2v) is 13.5. The number of hydrogen-bond acceptors (Lipinski definition) is 14. The topological polar surface area (TPSA) is 210 Å². The number of thiophene rings is 4. The van der Waals surface area contributed by atoms with Gasteiger partial charge in [0.25, 0.3) is 11.8 Å². The summed E-state index contributed by atoms with van der Waals surface area (Å²) in [4.78, 5) is 97.4. The Morgan fingerprint density at radius 1 is 0.660 bits per heavy atom. The number of aliphatic hydroxyl groups is 1. The van der Waals surface area contributed by atoms with Gasteiger partial charge in [-0.1, -0.05) is 0 Å². The van der Waals surface area contributed by atoms with Gasteiger partial charge in [0.15, 0.2) is 0 Å². The Kier molecular flexibility index (Phi) is 10.8. The number of aliphatic carboxylic acids is 1. The molecule has 4 N–H and O–H groups in total. The maximum atomic E-state index is 12.4. The van der Waals surface area contributed by atoms with Gasteiger partial charge in [-0.05, 0) is 48.9 Å². The number of carbonyl (C=O) groups is 8. The monoisotopic (exact) mass is 716 g/mol. The summed E-state index contributed by atoms with van der Waals surface area (Å²) in [5.74, 6) is -3.92. The van der Waals surface area contributed by atoms with Crippen molar-refractivity contribution in [1.29, 1.82) is 0 Å². The summed E-state index contributed by atoms with van der Waals surface area (Å²) in [5.41, 5.74) is 1.18. The molecule has 0 radical (unpaired) electrons. The molecule has 13 nitrogen and oxygen atoms in total. The Hall–Kier alpha value is -4.68. The lowest BCUT2D eigenvalue weighted by molar-refractivity contribution is -0.142. The first-order valence-corrected chi connectivity index (χ1v) is 16.7. The molecule has 4 aromatic heterocycles. The molecule has 47 heavy (non-hydrogen) atoms.